The minimum absolute atomic E-state index is 0.156. The van der Waals surface area contributed by atoms with Crippen LogP contribution in [-0.4, -0.2) is 52.1 Å². The van der Waals surface area contributed by atoms with Crippen LogP contribution in [0.3, 0.4) is 0 Å². The number of nitrogens with one attached hydrogen (secondary N) is 1. The number of aromatic nitrogens is 3. The number of rotatable bonds is 3. The SMILES string of the molecule is O=C(Nc1ccc(-n2ccnn2)cc1)N1CCN(c2ccccc2F)CC1. The predicted molar refractivity (Wildman–Crippen MR) is 101 cm³/mol. The molecular formula is C19H19FN6O. The highest BCUT2D eigenvalue weighted by Crippen LogP contribution is 2.20. The molecule has 0 bridgehead atoms. The lowest BCUT2D eigenvalue weighted by Crippen LogP contribution is -2.50. The van der Waals surface area contributed by atoms with E-state index in [9.17, 15) is 9.18 Å². The lowest BCUT2D eigenvalue weighted by Gasteiger charge is -2.36. The largest absolute Gasteiger partial charge is 0.366 e. The number of para-hydroxylation sites is 1. The van der Waals surface area contributed by atoms with Crippen LogP contribution in [0.15, 0.2) is 60.9 Å². The highest BCUT2D eigenvalue weighted by molar-refractivity contribution is 5.89. The van der Waals surface area contributed by atoms with E-state index in [2.05, 4.69) is 15.6 Å². The number of piperazine rings is 1. The van der Waals surface area contributed by atoms with Crippen LogP contribution in [-0.2, 0) is 0 Å². The number of nitrogens with zero attached hydrogens (tertiary/aromatic N) is 5. The molecule has 0 saturated carbocycles. The van der Waals surface area contributed by atoms with Crippen molar-refractivity contribution < 1.29 is 9.18 Å². The zero-order valence-corrected chi connectivity index (χ0v) is 14.6. The Bertz CT molecular complexity index is 904. The molecule has 0 atom stereocenters. The third kappa shape index (κ3) is 3.74. The summed E-state index contributed by atoms with van der Waals surface area (Å²) in [7, 11) is 0. The minimum Gasteiger partial charge on any atom is -0.366 e. The Morgan fingerprint density at radius 3 is 2.41 bits per heavy atom. The van der Waals surface area contributed by atoms with Gasteiger partial charge >= 0.3 is 6.03 Å². The second-order valence-corrected chi connectivity index (χ2v) is 6.25. The van der Waals surface area contributed by atoms with Crippen LogP contribution in [0, 0.1) is 5.82 Å². The highest BCUT2D eigenvalue weighted by atomic mass is 19.1. The van der Waals surface area contributed by atoms with Crippen molar-refractivity contribution >= 4 is 17.4 Å². The van der Waals surface area contributed by atoms with E-state index in [4.69, 9.17) is 0 Å². The second-order valence-electron chi connectivity index (χ2n) is 6.25. The molecule has 4 rings (SSSR count). The molecule has 7 nitrogen and oxygen atoms in total. The van der Waals surface area contributed by atoms with Crippen LogP contribution in [0.2, 0.25) is 0 Å². The number of hydrogen-bond acceptors (Lipinski definition) is 4. The van der Waals surface area contributed by atoms with Crippen molar-refractivity contribution in [2.45, 2.75) is 0 Å². The average molecular weight is 366 g/mol. The molecule has 8 heteroatoms. The van der Waals surface area contributed by atoms with Crippen molar-refractivity contribution in [3.05, 3.63) is 66.7 Å². The van der Waals surface area contributed by atoms with Crippen LogP contribution in [0.1, 0.15) is 0 Å². The molecule has 1 saturated heterocycles. The molecule has 27 heavy (non-hydrogen) atoms. The fraction of sp³-hybridized carbons (Fsp3) is 0.211. The first-order chi connectivity index (χ1) is 13.2. The maximum absolute atomic E-state index is 13.9. The Labute approximate surface area is 156 Å². The van der Waals surface area contributed by atoms with Crippen molar-refractivity contribution in [2.24, 2.45) is 0 Å². The van der Waals surface area contributed by atoms with Gasteiger partial charge in [0.15, 0.2) is 0 Å². The molecule has 3 aromatic rings. The third-order valence-corrected chi connectivity index (χ3v) is 4.57. The summed E-state index contributed by atoms with van der Waals surface area (Å²) in [4.78, 5) is 16.2. The first kappa shape index (κ1) is 17.0. The quantitative estimate of drug-likeness (QED) is 0.774. The van der Waals surface area contributed by atoms with E-state index in [1.807, 2.05) is 35.2 Å². The molecule has 1 aliphatic heterocycles. The van der Waals surface area contributed by atoms with Crippen LogP contribution >= 0.6 is 0 Å². The van der Waals surface area contributed by atoms with Crippen molar-refractivity contribution in [3.63, 3.8) is 0 Å². The third-order valence-electron chi connectivity index (χ3n) is 4.57. The molecule has 0 aliphatic carbocycles. The number of carbonyl (C=O) groups is 1. The summed E-state index contributed by atoms with van der Waals surface area (Å²) in [6.45, 7) is 2.27. The normalized spacial score (nSPS) is 14.3. The van der Waals surface area contributed by atoms with E-state index < -0.39 is 0 Å². The maximum atomic E-state index is 13.9. The van der Waals surface area contributed by atoms with Gasteiger partial charge in [-0.15, -0.1) is 5.10 Å². The first-order valence-electron chi connectivity index (χ1n) is 8.73. The topological polar surface area (TPSA) is 66.3 Å². The van der Waals surface area contributed by atoms with E-state index in [-0.39, 0.29) is 11.8 Å². The number of anilines is 2. The second kappa shape index (κ2) is 7.45. The van der Waals surface area contributed by atoms with Gasteiger partial charge in [0.1, 0.15) is 5.82 Å². The number of carbonyl (C=O) groups excluding carboxylic acids is 1. The fourth-order valence-electron chi connectivity index (χ4n) is 3.10. The molecule has 0 radical (unpaired) electrons. The van der Waals surface area contributed by atoms with Crippen LogP contribution < -0.4 is 10.2 Å². The summed E-state index contributed by atoms with van der Waals surface area (Å²) in [6.07, 6.45) is 3.36. The Kier molecular flexibility index (Phi) is 4.69. The molecule has 2 aromatic carbocycles. The zero-order valence-electron chi connectivity index (χ0n) is 14.6. The van der Waals surface area contributed by atoms with E-state index in [0.717, 1.165) is 5.69 Å². The molecule has 1 aromatic heterocycles. The van der Waals surface area contributed by atoms with Crippen molar-refractivity contribution in [2.75, 3.05) is 36.4 Å². The molecular weight excluding hydrogens is 347 g/mol. The summed E-state index contributed by atoms with van der Waals surface area (Å²) in [6, 6.07) is 13.9. The van der Waals surface area contributed by atoms with Crippen molar-refractivity contribution in [1.82, 2.24) is 19.9 Å². The Morgan fingerprint density at radius 2 is 1.74 bits per heavy atom. The van der Waals surface area contributed by atoms with Gasteiger partial charge in [0.05, 0.1) is 23.8 Å². The number of hydrogen-bond donors (Lipinski definition) is 1. The van der Waals surface area contributed by atoms with Crippen molar-refractivity contribution in [1.29, 1.82) is 0 Å². The van der Waals surface area contributed by atoms with E-state index >= 15 is 0 Å². The average Bonchev–Trinajstić information content (AvgIpc) is 3.24. The molecule has 2 heterocycles. The number of amides is 2. The van der Waals surface area contributed by atoms with E-state index in [0.29, 0.717) is 37.6 Å². The minimum atomic E-state index is -0.233. The van der Waals surface area contributed by atoms with Gasteiger partial charge in [-0.3, -0.25) is 0 Å². The fourth-order valence-corrected chi connectivity index (χ4v) is 3.10. The van der Waals surface area contributed by atoms with Gasteiger partial charge in [-0.2, -0.15) is 0 Å². The predicted octanol–water partition coefficient (Wildman–Crippen LogP) is 2.76. The first-order valence-corrected chi connectivity index (χ1v) is 8.73. The van der Waals surface area contributed by atoms with Gasteiger partial charge < -0.3 is 15.1 Å². The summed E-state index contributed by atoms with van der Waals surface area (Å²) in [5.74, 6) is -0.233. The van der Waals surface area contributed by atoms with Gasteiger partial charge in [0.2, 0.25) is 0 Å². The van der Waals surface area contributed by atoms with E-state index in [1.165, 1.54) is 6.07 Å². The maximum Gasteiger partial charge on any atom is 0.321 e. The summed E-state index contributed by atoms with van der Waals surface area (Å²) in [5.41, 5.74) is 2.16. The number of benzene rings is 2. The van der Waals surface area contributed by atoms with Crippen LogP contribution in [0.4, 0.5) is 20.6 Å². The monoisotopic (exact) mass is 366 g/mol. The van der Waals surface area contributed by atoms with Crippen LogP contribution in [0.5, 0.6) is 0 Å². The lowest BCUT2D eigenvalue weighted by molar-refractivity contribution is 0.208. The van der Waals surface area contributed by atoms with Crippen LogP contribution in [0.25, 0.3) is 5.69 Å². The number of halogens is 1. The van der Waals surface area contributed by atoms with Gasteiger partial charge in [-0.05, 0) is 36.4 Å². The molecule has 0 unspecified atom stereocenters. The molecule has 138 valence electrons. The molecule has 1 aliphatic rings. The number of urea groups is 1. The smallest absolute Gasteiger partial charge is 0.321 e. The van der Waals surface area contributed by atoms with Crippen molar-refractivity contribution in [3.8, 4) is 5.69 Å². The molecule has 2 amide bonds. The molecule has 0 spiro atoms. The van der Waals surface area contributed by atoms with Gasteiger partial charge in [-0.1, -0.05) is 17.3 Å². The standard InChI is InChI=1S/C19H19FN6O/c20-17-3-1-2-4-18(17)24-11-13-25(14-12-24)19(27)22-15-5-7-16(8-6-15)26-10-9-21-23-26/h1-10H,11-14H2,(H,22,27). The Morgan fingerprint density at radius 1 is 1.00 bits per heavy atom. The van der Waals surface area contributed by atoms with Gasteiger partial charge in [-0.25, -0.2) is 13.9 Å². The highest BCUT2D eigenvalue weighted by Gasteiger charge is 2.22. The van der Waals surface area contributed by atoms with Gasteiger partial charge in [0, 0.05) is 31.9 Å². The van der Waals surface area contributed by atoms with E-state index in [1.54, 1.807) is 34.1 Å². The summed E-state index contributed by atoms with van der Waals surface area (Å²) < 4.78 is 15.6. The Balaban J connectivity index is 1.34. The molecule has 1 fully saturated rings. The Hall–Kier alpha value is -3.42. The summed E-state index contributed by atoms with van der Waals surface area (Å²) in [5, 5.41) is 10.6. The molecule has 1 N–H and O–H groups in total. The van der Waals surface area contributed by atoms with Gasteiger partial charge in [0.25, 0.3) is 0 Å². The zero-order chi connectivity index (χ0) is 18.6. The summed E-state index contributed by atoms with van der Waals surface area (Å²) >= 11 is 0. The lowest BCUT2D eigenvalue weighted by atomic mass is 10.2.